The van der Waals surface area contributed by atoms with Crippen LogP contribution in [-0.4, -0.2) is 26.3 Å². The predicted octanol–water partition coefficient (Wildman–Crippen LogP) is 2.29. The third-order valence-electron chi connectivity index (χ3n) is 2.22. The Kier molecular flexibility index (Phi) is 8.95. The van der Waals surface area contributed by atoms with Crippen molar-refractivity contribution < 1.29 is 6.16 Å². The van der Waals surface area contributed by atoms with Gasteiger partial charge in [-0.2, -0.15) is 0 Å². The Morgan fingerprint density at radius 1 is 1.25 bits per heavy atom. The SMILES string of the molecule is CCOCCNCC(CC)CC.[HH]. The lowest BCUT2D eigenvalue weighted by Crippen LogP contribution is -2.25. The van der Waals surface area contributed by atoms with Gasteiger partial charge < -0.3 is 10.1 Å². The van der Waals surface area contributed by atoms with Gasteiger partial charge in [0.15, 0.2) is 0 Å². The van der Waals surface area contributed by atoms with Gasteiger partial charge in [0.25, 0.3) is 0 Å². The van der Waals surface area contributed by atoms with E-state index in [9.17, 15) is 0 Å². The van der Waals surface area contributed by atoms with Gasteiger partial charge in [-0.05, 0) is 19.4 Å². The quantitative estimate of drug-likeness (QED) is 0.572. The molecule has 0 rings (SSSR count). The van der Waals surface area contributed by atoms with Crippen molar-refractivity contribution in [2.75, 3.05) is 26.3 Å². The maximum Gasteiger partial charge on any atom is 0.0590 e. The summed E-state index contributed by atoms with van der Waals surface area (Å²) in [4.78, 5) is 0. The smallest absolute Gasteiger partial charge is 0.0590 e. The molecule has 12 heavy (non-hydrogen) atoms. The highest BCUT2D eigenvalue weighted by Gasteiger charge is 2.00. The van der Waals surface area contributed by atoms with Crippen LogP contribution in [0.5, 0.6) is 0 Å². The largest absolute Gasteiger partial charge is 0.380 e. The molecule has 0 amide bonds. The lowest BCUT2D eigenvalue weighted by molar-refractivity contribution is 0.148. The fourth-order valence-electron chi connectivity index (χ4n) is 1.17. The van der Waals surface area contributed by atoms with Crippen molar-refractivity contribution in [2.24, 2.45) is 5.92 Å². The van der Waals surface area contributed by atoms with E-state index in [0.29, 0.717) is 0 Å². The Bertz CT molecular complexity index is 87.0. The number of hydrogen-bond donors (Lipinski definition) is 1. The molecule has 0 radical (unpaired) electrons. The fourth-order valence-corrected chi connectivity index (χ4v) is 1.17. The van der Waals surface area contributed by atoms with Crippen molar-refractivity contribution >= 4 is 0 Å². The molecule has 0 saturated carbocycles. The second-order valence-electron chi connectivity index (χ2n) is 3.08. The number of ether oxygens (including phenoxy) is 1. The van der Waals surface area contributed by atoms with Gasteiger partial charge in [-0.25, -0.2) is 0 Å². The molecule has 0 fully saturated rings. The summed E-state index contributed by atoms with van der Waals surface area (Å²) in [5.41, 5.74) is 0. The molecule has 0 aliphatic rings. The lowest BCUT2D eigenvalue weighted by Gasteiger charge is -2.12. The molecular formula is C10H25NO. The van der Waals surface area contributed by atoms with Crippen molar-refractivity contribution in [1.29, 1.82) is 0 Å². The van der Waals surface area contributed by atoms with Crippen molar-refractivity contribution in [3.8, 4) is 0 Å². The van der Waals surface area contributed by atoms with E-state index in [0.717, 1.165) is 32.2 Å². The normalized spacial score (nSPS) is 11.0. The Labute approximate surface area is 78.2 Å². The molecule has 0 saturated heterocycles. The molecule has 1 N–H and O–H groups in total. The third kappa shape index (κ3) is 6.62. The zero-order valence-electron chi connectivity index (χ0n) is 8.73. The van der Waals surface area contributed by atoms with Crippen LogP contribution in [0.4, 0.5) is 0 Å². The van der Waals surface area contributed by atoms with Gasteiger partial charge in [0.2, 0.25) is 0 Å². The number of rotatable bonds is 8. The highest BCUT2D eigenvalue weighted by Crippen LogP contribution is 2.04. The first-order valence-corrected chi connectivity index (χ1v) is 5.13. The van der Waals surface area contributed by atoms with Crippen molar-refractivity contribution in [2.45, 2.75) is 33.6 Å². The summed E-state index contributed by atoms with van der Waals surface area (Å²) in [5, 5.41) is 3.40. The van der Waals surface area contributed by atoms with Crippen molar-refractivity contribution in [3.05, 3.63) is 0 Å². The van der Waals surface area contributed by atoms with E-state index in [1.165, 1.54) is 12.8 Å². The minimum absolute atomic E-state index is 0. The monoisotopic (exact) mass is 175 g/mol. The summed E-state index contributed by atoms with van der Waals surface area (Å²) < 4.78 is 5.22. The standard InChI is InChI=1S/C10H23NO.H2/c1-4-10(5-2)9-11-7-8-12-6-3;/h10-11H,4-9H2,1-3H3;1H. The maximum absolute atomic E-state index is 5.22. The number of nitrogens with one attached hydrogen (secondary N) is 1. The third-order valence-corrected chi connectivity index (χ3v) is 2.22. The average molecular weight is 175 g/mol. The van der Waals surface area contributed by atoms with E-state index >= 15 is 0 Å². The average Bonchev–Trinajstić information content (AvgIpc) is 2.11. The zero-order chi connectivity index (χ0) is 9.23. The first-order chi connectivity index (χ1) is 5.85. The van der Waals surface area contributed by atoms with E-state index in [1.54, 1.807) is 0 Å². The summed E-state index contributed by atoms with van der Waals surface area (Å²) >= 11 is 0. The van der Waals surface area contributed by atoms with Gasteiger partial charge in [0.1, 0.15) is 0 Å². The number of hydrogen-bond acceptors (Lipinski definition) is 2. The van der Waals surface area contributed by atoms with Crippen LogP contribution in [0.1, 0.15) is 35.0 Å². The van der Waals surface area contributed by atoms with Crippen molar-refractivity contribution in [3.63, 3.8) is 0 Å². The Morgan fingerprint density at radius 2 is 1.92 bits per heavy atom. The molecule has 0 bridgehead atoms. The molecule has 0 atom stereocenters. The second-order valence-corrected chi connectivity index (χ2v) is 3.08. The Hall–Kier alpha value is -0.0800. The van der Waals surface area contributed by atoms with Crippen molar-refractivity contribution in [1.82, 2.24) is 5.32 Å². The molecule has 2 nitrogen and oxygen atoms in total. The highest BCUT2D eigenvalue weighted by molar-refractivity contribution is 4.57. The molecule has 0 aliphatic carbocycles. The minimum Gasteiger partial charge on any atom is -0.380 e. The first-order valence-electron chi connectivity index (χ1n) is 5.13. The maximum atomic E-state index is 5.22. The van der Waals surface area contributed by atoms with Gasteiger partial charge >= 0.3 is 0 Å². The second kappa shape index (κ2) is 9.01. The Balaban J connectivity index is 0. The van der Waals surface area contributed by atoms with E-state index in [1.807, 2.05) is 6.92 Å². The van der Waals surface area contributed by atoms with Gasteiger partial charge in [-0.15, -0.1) is 0 Å². The van der Waals surface area contributed by atoms with Crippen LogP contribution in [0.15, 0.2) is 0 Å². The van der Waals surface area contributed by atoms with Crippen LogP contribution in [0.3, 0.4) is 0 Å². The van der Waals surface area contributed by atoms with E-state index in [-0.39, 0.29) is 1.43 Å². The first kappa shape index (κ1) is 11.9. The van der Waals surface area contributed by atoms with Gasteiger partial charge in [-0.1, -0.05) is 26.7 Å². The Morgan fingerprint density at radius 3 is 2.42 bits per heavy atom. The topological polar surface area (TPSA) is 21.3 Å². The lowest BCUT2D eigenvalue weighted by atomic mass is 10.0. The predicted molar refractivity (Wildman–Crippen MR) is 55.5 cm³/mol. The van der Waals surface area contributed by atoms with Gasteiger partial charge in [0, 0.05) is 14.6 Å². The molecule has 0 heterocycles. The summed E-state index contributed by atoms with van der Waals surface area (Å²) in [6.07, 6.45) is 2.55. The molecule has 76 valence electrons. The molecule has 0 unspecified atom stereocenters. The van der Waals surface area contributed by atoms with Crippen LogP contribution in [-0.2, 0) is 4.74 Å². The van der Waals surface area contributed by atoms with E-state index in [4.69, 9.17) is 4.74 Å². The summed E-state index contributed by atoms with van der Waals surface area (Å²) in [6.45, 7) is 10.3. The molecule has 0 aromatic heterocycles. The summed E-state index contributed by atoms with van der Waals surface area (Å²) in [6, 6.07) is 0. The fraction of sp³-hybridized carbons (Fsp3) is 1.00. The van der Waals surface area contributed by atoms with E-state index < -0.39 is 0 Å². The van der Waals surface area contributed by atoms with Crippen LogP contribution < -0.4 is 5.32 Å². The summed E-state index contributed by atoms with van der Waals surface area (Å²) in [5.74, 6) is 0.839. The van der Waals surface area contributed by atoms with Gasteiger partial charge in [0.05, 0.1) is 6.61 Å². The zero-order valence-corrected chi connectivity index (χ0v) is 8.73. The highest BCUT2D eigenvalue weighted by atomic mass is 16.5. The van der Waals surface area contributed by atoms with E-state index in [2.05, 4.69) is 19.2 Å². The molecule has 0 aliphatic heterocycles. The van der Waals surface area contributed by atoms with Crippen LogP contribution in [0.25, 0.3) is 0 Å². The molecule has 2 heteroatoms. The molecule has 0 aromatic rings. The molecular weight excluding hydrogens is 150 g/mol. The summed E-state index contributed by atoms with van der Waals surface area (Å²) in [7, 11) is 0. The molecule has 0 aromatic carbocycles. The minimum atomic E-state index is 0. The van der Waals surface area contributed by atoms with Gasteiger partial charge in [-0.3, -0.25) is 0 Å². The molecule has 0 spiro atoms. The van der Waals surface area contributed by atoms with Crippen LogP contribution in [0.2, 0.25) is 0 Å². The van der Waals surface area contributed by atoms with Crippen LogP contribution in [0, 0.1) is 5.92 Å². The van der Waals surface area contributed by atoms with Crippen LogP contribution >= 0.6 is 0 Å².